The predicted octanol–water partition coefficient (Wildman–Crippen LogP) is 6.55. The third-order valence-electron chi connectivity index (χ3n) is 4.16. The summed E-state index contributed by atoms with van der Waals surface area (Å²) < 4.78 is 83.1. The molecule has 0 saturated heterocycles. The second-order valence-corrected chi connectivity index (χ2v) is 7.52. The van der Waals surface area contributed by atoms with E-state index in [2.05, 4.69) is 0 Å². The van der Waals surface area contributed by atoms with Gasteiger partial charge in [-0.15, -0.1) is 0 Å². The molecule has 0 spiro atoms. The molecule has 1 atom stereocenters. The van der Waals surface area contributed by atoms with Crippen molar-refractivity contribution in [2.45, 2.75) is 25.9 Å². The molecule has 0 radical (unpaired) electrons. The molecule has 0 bridgehead atoms. The Morgan fingerprint density at radius 1 is 0.966 bits per heavy atom. The molecule has 0 aliphatic carbocycles. The first-order valence-corrected chi connectivity index (χ1v) is 9.20. The Labute approximate surface area is 166 Å². The summed E-state index contributed by atoms with van der Waals surface area (Å²) in [6.07, 6.45) is -8.04. The number of carbonyl (C=O) groups is 1. The summed E-state index contributed by atoms with van der Waals surface area (Å²) >= 11 is 1.08. The van der Waals surface area contributed by atoms with Crippen molar-refractivity contribution in [3.05, 3.63) is 70.8 Å². The van der Waals surface area contributed by atoms with Crippen molar-refractivity contribution in [2.24, 2.45) is 5.92 Å². The molecular weight excluding hydrogens is 418 g/mol. The molecule has 1 aliphatic rings. The Kier molecular flexibility index (Phi) is 5.71. The van der Waals surface area contributed by atoms with Crippen LogP contribution in [0.2, 0.25) is 0 Å². The van der Waals surface area contributed by atoms with Gasteiger partial charge in [0.05, 0.1) is 11.1 Å². The van der Waals surface area contributed by atoms with Gasteiger partial charge in [-0.25, -0.2) is 0 Å². The highest BCUT2D eigenvalue weighted by Crippen LogP contribution is 2.39. The molecule has 2 aromatic rings. The van der Waals surface area contributed by atoms with Gasteiger partial charge in [0.1, 0.15) is 12.4 Å². The van der Waals surface area contributed by atoms with Crippen molar-refractivity contribution in [2.75, 3.05) is 0 Å². The fourth-order valence-electron chi connectivity index (χ4n) is 2.69. The van der Waals surface area contributed by atoms with Gasteiger partial charge in [-0.2, -0.15) is 26.3 Å². The molecule has 2 aromatic carbocycles. The molecule has 154 valence electrons. The third-order valence-corrected chi connectivity index (χ3v) is 5.32. The molecule has 1 aliphatic heterocycles. The molecular formula is C20H14F6O2S. The smallest absolute Gasteiger partial charge is 0.416 e. The van der Waals surface area contributed by atoms with Crippen molar-refractivity contribution in [1.29, 1.82) is 0 Å². The SMILES string of the molecule is CC1C=C(c2cccc(OCc3cc(C(F)(F)F)cc(C(F)(F)F)c3)c2)SC1=O. The maximum Gasteiger partial charge on any atom is 0.416 e. The van der Waals surface area contributed by atoms with Crippen molar-refractivity contribution in [3.8, 4) is 5.75 Å². The number of hydrogen-bond acceptors (Lipinski definition) is 3. The van der Waals surface area contributed by atoms with Gasteiger partial charge in [0.2, 0.25) is 0 Å². The molecule has 29 heavy (non-hydrogen) atoms. The number of ether oxygens (including phenoxy) is 1. The lowest BCUT2D eigenvalue weighted by atomic mass is 10.1. The number of benzene rings is 2. The highest BCUT2D eigenvalue weighted by molar-refractivity contribution is 8.21. The second kappa shape index (κ2) is 7.78. The zero-order chi connectivity index (χ0) is 21.4. The topological polar surface area (TPSA) is 26.3 Å². The number of alkyl halides is 6. The van der Waals surface area contributed by atoms with Crippen LogP contribution in [0.25, 0.3) is 4.91 Å². The van der Waals surface area contributed by atoms with E-state index in [0.29, 0.717) is 17.7 Å². The Bertz CT molecular complexity index is 930. The average molecular weight is 432 g/mol. The van der Waals surface area contributed by atoms with E-state index in [1.165, 1.54) is 6.07 Å². The summed E-state index contributed by atoms with van der Waals surface area (Å²) in [7, 11) is 0. The molecule has 0 saturated carbocycles. The maximum absolute atomic E-state index is 12.9. The van der Waals surface area contributed by atoms with Gasteiger partial charge in [-0.1, -0.05) is 36.9 Å². The molecule has 9 heteroatoms. The lowest BCUT2D eigenvalue weighted by molar-refractivity contribution is -0.143. The first-order chi connectivity index (χ1) is 13.4. The standard InChI is InChI=1S/C20H14F6O2S/c1-11-5-17(29-18(11)27)13-3-2-4-16(8-13)28-10-12-6-14(19(21,22)23)9-15(7-12)20(24,25)26/h2-9,11H,10H2,1H3. The summed E-state index contributed by atoms with van der Waals surface area (Å²) in [5, 5.41) is -0.00466. The first kappa shape index (κ1) is 21.3. The number of rotatable bonds is 4. The van der Waals surface area contributed by atoms with Gasteiger partial charge >= 0.3 is 12.4 Å². The highest BCUT2D eigenvalue weighted by Gasteiger charge is 2.36. The van der Waals surface area contributed by atoms with Crippen LogP contribution in [0.15, 0.2) is 48.5 Å². The Hall–Kier alpha value is -2.42. The summed E-state index contributed by atoms with van der Waals surface area (Å²) in [5.41, 5.74) is -2.35. The van der Waals surface area contributed by atoms with Crippen molar-refractivity contribution in [3.63, 3.8) is 0 Å². The average Bonchev–Trinajstić information content (AvgIpc) is 2.97. The van der Waals surface area contributed by atoms with Gasteiger partial charge in [0, 0.05) is 10.8 Å². The lowest BCUT2D eigenvalue weighted by Gasteiger charge is -2.15. The minimum Gasteiger partial charge on any atom is -0.489 e. The van der Waals surface area contributed by atoms with Crippen LogP contribution >= 0.6 is 11.8 Å². The summed E-state index contributed by atoms with van der Waals surface area (Å²) in [5.74, 6) is 0.0347. The molecule has 2 nitrogen and oxygen atoms in total. The quantitative estimate of drug-likeness (QED) is 0.513. The van der Waals surface area contributed by atoms with E-state index in [0.717, 1.165) is 16.7 Å². The molecule has 0 aromatic heterocycles. The Morgan fingerprint density at radius 2 is 1.59 bits per heavy atom. The Balaban J connectivity index is 1.82. The van der Waals surface area contributed by atoms with Gasteiger partial charge < -0.3 is 4.74 Å². The fraction of sp³-hybridized carbons (Fsp3) is 0.250. The summed E-state index contributed by atoms with van der Waals surface area (Å²) in [6.45, 7) is 1.28. The predicted molar refractivity (Wildman–Crippen MR) is 97.0 cm³/mol. The van der Waals surface area contributed by atoms with Gasteiger partial charge in [-0.3, -0.25) is 4.79 Å². The van der Waals surface area contributed by atoms with E-state index >= 15 is 0 Å². The van der Waals surface area contributed by atoms with E-state index in [1.807, 2.05) is 0 Å². The third kappa shape index (κ3) is 5.14. The zero-order valence-corrected chi connectivity index (χ0v) is 15.7. The van der Waals surface area contributed by atoms with Gasteiger partial charge in [-0.05, 0) is 41.5 Å². The second-order valence-electron chi connectivity index (χ2n) is 6.47. The molecule has 1 unspecified atom stereocenters. The van der Waals surface area contributed by atoms with Crippen LogP contribution in [0.5, 0.6) is 5.75 Å². The van der Waals surface area contributed by atoms with Crippen LogP contribution in [0.3, 0.4) is 0 Å². The Morgan fingerprint density at radius 3 is 2.10 bits per heavy atom. The van der Waals surface area contributed by atoms with Gasteiger partial charge in [0.15, 0.2) is 5.12 Å². The van der Waals surface area contributed by atoms with E-state index < -0.39 is 30.1 Å². The number of thioether (sulfide) groups is 1. The first-order valence-electron chi connectivity index (χ1n) is 8.38. The number of hydrogen-bond donors (Lipinski definition) is 0. The van der Waals surface area contributed by atoms with E-state index in [9.17, 15) is 31.1 Å². The minimum atomic E-state index is -4.91. The van der Waals surface area contributed by atoms with Crippen LogP contribution < -0.4 is 4.74 Å². The van der Waals surface area contributed by atoms with Crippen LogP contribution in [-0.4, -0.2) is 5.12 Å². The van der Waals surface area contributed by atoms with Gasteiger partial charge in [0.25, 0.3) is 0 Å². The summed E-state index contributed by atoms with van der Waals surface area (Å²) in [4.78, 5) is 12.4. The lowest BCUT2D eigenvalue weighted by Crippen LogP contribution is -2.12. The normalized spacial score (nSPS) is 17.4. The van der Waals surface area contributed by atoms with Crippen molar-refractivity contribution in [1.82, 2.24) is 0 Å². The fourth-order valence-corrected chi connectivity index (χ4v) is 3.68. The largest absolute Gasteiger partial charge is 0.489 e. The zero-order valence-electron chi connectivity index (χ0n) is 14.9. The van der Waals surface area contributed by atoms with Crippen molar-refractivity contribution < 1.29 is 35.9 Å². The molecule has 0 fully saturated rings. The molecule has 0 amide bonds. The minimum absolute atomic E-state index is 0.00466. The monoisotopic (exact) mass is 432 g/mol. The van der Waals surface area contributed by atoms with E-state index in [-0.39, 0.29) is 28.4 Å². The van der Waals surface area contributed by atoms with E-state index in [1.54, 1.807) is 31.2 Å². The summed E-state index contributed by atoms with van der Waals surface area (Å²) in [6, 6.07) is 7.83. The number of carbonyl (C=O) groups excluding carboxylic acids is 1. The molecule has 1 heterocycles. The van der Waals surface area contributed by atoms with Crippen LogP contribution in [0.4, 0.5) is 26.3 Å². The molecule has 0 N–H and O–H groups in total. The van der Waals surface area contributed by atoms with Crippen LogP contribution in [-0.2, 0) is 23.8 Å². The highest BCUT2D eigenvalue weighted by atomic mass is 32.2. The van der Waals surface area contributed by atoms with Crippen molar-refractivity contribution >= 4 is 21.8 Å². The number of allylic oxidation sites excluding steroid dienone is 1. The van der Waals surface area contributed by atoms with Crippen LogP contribution in [0, 0.1) is 5.92 Å². The van der Waals surface area contributed by atoms with Crippen LogP contribution in [0.1, 0.15) is 29.2 Å². The van der Waals surface area contributed by atoms with E-state index in [4.69, 9.17) is 4.74 Å². The molecule has 3 rings (SSSR count). The number of halogens is 6. The maximum atomic E-state index is 12.9.